The monoisotopic (exact) mass is 301 g/mol. The van der Waals surface area contributed by atoms with Crippen LogP contribution in [0.2, 0.25) is 0 Å². The first-order chi connectivity index (χ1) is 8.98. The summed E-state index contributed by atoms with van der Waals surface area (Å²) in [6, 6.07) is 0. The number of methoxy groups -OCH3 is 1. The van der Waals surface area contributed by atoms with E-state index in [1.54, 1.807) is 12.3 Å². The van der Waals surface area contributed by atoms with Crippen LogP contribution < -0.4 is 0 Å². The van der Waals surface area contributed by atoms with E-state index in [1.165, 1.54) is 11.4 Å². The normalized spacial score (nSPS) is 16.5. The molecule has 0 aromatic carbocycles. The van der Waals surface area contributed by atoms with Crippen molar-refractivity contribution in [1.29, 1.82) is 0 Å². The molecule has 104 valence electrons. The van der Waals surface area contributed by atoms with E-state index in [1.807, 2.05) is 12.2 Å². The predicted octanol–water partition coefficient (Wildman–Crippen LogP) is 1.79. The summed E-state index contributed by atoms with van der Waals surface area (Å²) in [4.78, 5) is 11.9. The lowest BCUT2D eigenvalue weighted by molar-refractivity contribution is 0.0602. The van der Waals surface area contributed by atoms with Gasteiger partial charge in [0.25, 0.3) is 0 Å². The maximum absolute atomic E-state index is 12.6. The summed E-state index contributed by atoms with van der Waals surface area (Å²) in [6.45, 7) is 2.47. The number of carbonyl (C=O) groups excluding carboxylic acids is 1. The molecule has 1 aliphatic rings. The molecule has 0 unspecified atom stereocenters. The number of ether oxygens (including phenoxy) is 1. The molecule has 2 heterocycles. The Bertz CT molecular complexity index is 616. The number of hydrogen-bond donors (Lipinski definition) is 0. The SMILES string of the molecule is COC(=O)c1scc(C)c1S(=O)(=O)N1CC=CCC1. The molecule has 0 bridgehead atoms. The van der Waals surface area contributed by atoms with Gasteiger partial charge in [0, 0.05) is 13.1 Å². The van der Waals surface area contributed by atoms with Crippen molar-refractivity contribution in [3.05, 3.63) is 28.0 Å². The van der Waals surface area contributed by atoms with Crippen molar-refractivity contribution in [3.8, 4) is 0 Å². The van der Waals surface area contributed by atoms with Gasteiger partial charge < -0.3 is 4.74 Å². The second kappa shape index (κ2) is 5.44. The van der Waals surface area contributed by atoms with Crippen molar-refractivity contribution >= 4 is 27.3 Å². The molecule has 0 saturated heterocycles. The molecule has 0 N–H and O–H groups in total. The molecule has 5 nitrogen and oxygen atoms in total. The Balaban J connectivity index is 2.48. The molecular weight excluding hydrogens is 286 g/mol. The minimum atomic E-state index is -3.64. The molecule has 0 fully saturated rings. The summed E-state index contributed by atoms with van der Waals surface area (Å²) in [5, 5.41) is 1.67. The van der Waals surface area contributed by atoms with Gasteiger partial charge in [-0.1, -0.05) is 12.2 Å². The average Bonchev–Trinajstić information content (AvgIpc) is 2.81. The zero-order chi connectivity index (χ0) is 14.0. The van der Waals surface area contributed by atoms with E-state index in [0.717, 1.165) is 11.3 Å². The van der Waals surface area contributed by atoms with E-state index in [0.29, 0.717) is 25.1 Å². The van der Waals surface area contributed by atoms with Gasteiger partial charge in [0.2, 0.25) is 10.0 Å². The van der Waals surface area contributed by atoms with Crippen LogP contribution in [-0.2, 0) is 14.8 Å². The highest BCUT2D eigenvalue weighted by atomic mass is 32.2. The number of carbonyl (C=O) groups is 1. The highest BCUT2D eigenvalue weighted by Gasteiger charge is 2.32. The summed E-state index contributed by atoms with van der Waals surface area (Å²) in [5.41, 5.74) is 0.583. The van der Waals surface area contributed by atoms with Gasteiger partial charge in [-0.2, -0.15) is 4.31 Å². The van der Waals surface area contributed by atoms with Gasteiger partial charge in [0.15, 0.2) is 0 Å². The molecule has 0 saturated carbocycles. The summed E-state index contributed by atoms with van der Waals surface area (Å²) in [7, 11) is -2.40. The van der Waals surface area contributed by atoms with Crippen molar-refractivity contribution < 1.29 is 17.9 Å². The first-order valence-electron chi connectivity index (χ1n) is 5.80. The van der Waals surface area contributed by atoms with Gasteiger partial charge in [-0.25, -0.2) is 13.2 Å². The van der Waals surface area contributed by atoms with Crippen molar-refractivity contribution in [3.63, 3.8) is 0 Å². The van der Waals surface area contributed by atoms with Crippen molar-refractivity contribution in [2.75, 3.05) is 20.2 Å². The van der Waals surface area contributed by atoms with Crippen LogP contribution in [-0.4, -0.2) is 38.9 Å². The van der Waals surface area contributed by atoms with Crippen LogP contribution in [0.3, 0.4) is 0 Å². The first kappa shape index (κ1) is 14.2. The minimum Gasteiger partial charge on any atom is -0.465 e. The number of nitrogens with zero attached hydrogens (tertiary/aromatic N) is 1. The lowest BCUT2D eigenvalue weighted by atomic mass is 10.3. The highest BCUT2D eigenvalue weighted by Crippen LogP contribution is 2.30. The van der Waals surface area contributed by atoms with Gasteiger partial charge in [0.05, 0.1) is 7.11 Å². The topological polar surface area (TPSA) is 63.7 Å². The Morgan fingerprint density at radius 1 is 1.42 bits per heavy atom. The Kier molecular flexibility index (Phi) is 4.07. The van der Waals surface area contributed by atoms with Gasteiger partial charge in [0.1, 0.15) is 9.77 Å². The molecule has 1 aromatic heterocycles. The Morgan fingerprint density at radius 2 is 2.16 bits per heavy atom. The molecule has 0 spiro atoms. The molecule has 0 radical (unpaired) electrons. The molecule has 0 amide bonds. The number of esters is 1. The third-order valence-electron chi connectivity index (χ3n) is 2.91. The number of rotatable bonds is 3. The van der Waals surface area contributed by atoms with Crippen LogP contribution in [0, 0.1) is 6.92 Å². The van der Waals surface area contributed by atoms with Gasteiger partial charge in [-0.05, 0) is 24.3 Å². The fourth-order valence-corrected chi connectivity index (χ4v) is 5.02. The average molecular weight is 301 g/mol. The van der Waals surface area contributed by atoms with Crippen molar-refractivity contribution in [1.82, 2.24) is 4.31 Å². The lowest BCUT2D eigenvalue weighted by Crippen LogP contribution is -2.34. The molecule has 1 aromatic rings. The van der Waals surface area contributed by atoms with Crippen molar-refractivity contribution in [2.24, 2.45) is 0 Å². The first-order valence-corrected chi connectivity index (χ1v) is 8.12. The molecule has 0 aliphatic carbocycles. The molecule has 2 rings (SSSR count). The largest absolute Gasteiger partial charge is 0.465 e. The Morgan fingerprint density at radius 3 is 2.74 bits per heavy atom. The predicted molar refractivity (Wildman–Crippen MR) is 72.9 cm³/mol. The van der Waals surface area contributed by atoms with Crippen LogP contribution in [0.1, 0.15) is 21.7 Å². The van der Waals surface area contributed by atoms with Gasteiger partial charge in [-0.15, -0.1) is 11.3 Å². The molecular formula is C12H15NO4S2. The fraction of sp³-hybridized carbons (Fsp3) is 0.417. The van der Waals surface area contributed by atoms with Crippen LogP contribution in [0.5, 0.6) is 0 Å². The maximum atomic E-state index is 12.6. The van der Waals surface area contributed by atoms with E-state index >= 15 is 0 Å². The second-order valence-corrected chi connectivity index (χ2v) is 6.95. The van der Waals surface area contributed by atoms with Gasteiger partial charge >= 0.3 is 5.97 Å². The highest BCUT2D eigenvalue weighted by molar-refractivity contribution is 7.89. The van der Waals surface area contributed by atoms with Crippen LogP contribution in [0.15, 0.2) is 22.4 Å². The van der Waals surface area contributed by atoms with E-state index in [-0.39, 0.29) is 9.77 Å². The standard InChI is InChI=1S/C12H15NO4S2/c1-9-8-18-10(12(14)17-2)11(9)19(15,16)13-6-4-3-5-7-13/h3-4,8H,5-7H2,1-2H3. The third kappa shape index (κ3) is 2.58. The summed E-state index contributed by atoms with van der Waals surface area (Å²) in [5.74, 6) is -0.607. The van der Waals surface area contributed by atoms with Crippen LogP contribution >= 0.6 is 11.3 Å². The lowest BCUT2D eigenvalue weighted by Gasteiger charge is -2.23. The Labute approximate surface area is 116 Å². The number of hydrogen-bond acceptors (Lipinski definition) is 5. The third-order valence-corrected chi connectivity index (χ3v) is 6.17. The summed E-state index contributed by atoms with van der Waals surface area (Å²) in [6.07, 6.45) is 4.46. The van der Waals surface area contributed by atoms with Crippen molar-refractivity contribution in [2.45, 2.75) is 18.2 Å². The molecule has 19 heavy (non-hydrogen) atoms. The quantitative estimate of drug-likeness (QED) is 0.631. The second-order valence-electron chi connectivity index (χ2n) is 4.19. The molecule has 1 aliphatic heterocycles. The number of thiophene rings is 1. The summed E-state index contributed by atoms with van der Waals surface area (Å²) >= 11 is 1.10. The molecule has 0 atom stereocenters. The fourth-order valence-electron chi connectivity index (χ4n) is 1.95. The zero-order valence-corrected chi connectivity index (χ0v) is 12.4. The molecule has 7 heteroatoms. The van der Waals surface area contributed by atoms with Gasteiger partial charge in [-0.3, -0.25) is 0 Å². The minimum absolute atomic E-state index is 0.0830. The van der Waals surface area contributed by atoms with Crippen LogP contribution in [0.25, 0.3) is 0 Å². The maximum Gasteiger partial charge on any atom is 0.349 e. The smallest absolute Gasteiger partial charge is 0.349 e. The number of aryl methyl sites for hydroxylation is 1. The van der Waals surface area contributed by atoms with E-state index < -0.39 is 16.0 Å². The van der Waals surface area contributed by atoms with Crippen LogP contribution in [0.4, 0.5) is 0 Å². The van der Waals surface area contributed by atoms with E-state index in [4.69, 9.17) is 0 Å². The zero-order valence-electron chi connectivity index (χ0n) is 10.8. The number of sulfonamides is 1. The Hall–Kier alpha value is -1.18. The van der Waals surface area contributed by atoms with E-state index in [2.05, 4.69) is 4.74 Å². The summed E-state index contributed by atoms with van der Waals surface area (Å²) < 4.78 is 31.2. The van der Waals surface area contributed by atoms with E-state index in [9.17, 15) is 13.2 Å².